The van der Waals surface area contributed by atoms with Crippen LogP contribution in [0, 0.1) is 0 Å². The monoisotopic (exact) mass is 340 g/mol. The molecule has 0 amide bonds. The lowest BCUT2D eigenvalue weighted by Gasteiger charge is -2.37. The van der Waals surface area contributed by atoms with Crippen molar-refractivity contribution in [3.05, 3.63) is 24.2 Å². The average molecular weight is 340 g/mol. The number of rotatable bonds is 5. The van der Waals surface area contributed by atoms with Gasteiger partial charge in [0.05, 0.1) is 19.1 Å². The normalized spacial score (nSPS) is 19.0. The van der Waals surface area contributed by atoms with Crippen LogP contribution < -0.4 is 0 Å². The third-order valence-electron chi connectivity index (χ3n) is 3.69. The maximum Gasteiger partial charge on any atom is 0.402 e. The predicted octanol–water partition coefficient (Wildman–Crippen LogP) is 2.07. The van der Waals surface area contributed by atoms with Crippen molar-refractivity contribution in [2.75, 3.05) is 25.9 Å². The zero-order valence-corrected chi connectivity index (χ0v) is 13.0. The van der Waals surface area contributed by atoms with Crippen LogP contribution in [0.3, 0.4) is 0 Å². The lowest BCUT2D eigenvalue weighted by molar-refractivity contribution is -0.140. The van der Waals surface area contributed by atoms with Crippen LogP contribution in [0.15, 0.2) is 22.8 Å². The van der Waals surface area contributed by atoms with Gasteiger partial charge in [-0.2, -0.15) is 17.5 Å². The van der Waals surface area contributed by atoms with Gasteiger partial charge in [0.25, 0.3) is 0 Å². The van der Waals surface area contributed by atoms with Crippen molar-refractivity contribution in [3.8, 4) is 0 Å². The molecule has 126 valence electrons. The fourth-order valence-corrected chi connectivity index (χ4v) is 3.82. The Morgan fingerprint density at radius 1 is 1.36 bits per heavy atom. The zero-order valence-electron chi connectivity index (χ0n) is 12.2. The summed E-state index contributed by atoms with van der Waals surface area (Å²) < 4.78 is 66.9. The predicted molar refractivity (Wildman–Crippen MR) is 74.6 cm³/mol. The van der Waals surface area contributed by atoms with E-state index >= 15 is 0 Å². The Morgan fingerprint density at radius 2 is 2.00 bits per heavy atom. The maximum atomic E-state index is 12.6. The number of furan rings is 1. The third-order valence-corrected chi connectivity index (χ3v) is 4.96. The van der Waals surface area contributed by atoms with Gasteiger partial charge in [0.1, 0.15) is 12.3 Å². The molecule has 22 heavy (non-hydrogen) atoms. The van der Waals surface area contributed by atoms with E-state index in [1.807, 2.05) is 11.0 Å². The Labute approximate surface area is 127 Å². The molecule has 1 aromatic heterocycles. The van der Waals surface area contributed by atoms with Gasteiger partial charge < -0.3 is 4.42 Å². The lowest BCUT2D eigenvalue weighted by Crippen LogP contribution is -2.49. The first-order chi connectivity index (χ1) is 10.1. The molecule has 5 nitrogen and oxygen atoms in total. The van der Waals surface area contributed by atoms with E-state index in [2.05, 4.69) is 0 Å². The summed E-state index contributed by atoms with van der Waals surface area (Å²) in [7, 11) is -3.89. The molecule has 0 radical (unpaired) electrons. The van der Waals surface area contributed by atoms with Gasteiger partial charge in [-0.15, -0.1) is 0 Å². The second-order valence-electron chi connectivity index (χ2n) is 5.51. The van der Waals surface area contributed by atoms with Gasteiger partial charge in [-0.1, -0.05) is 0 Å². The average Bonchev–Trinajstić information content (AvgIpc) is 2.88. The molecule has 9 heteroatoms. The van der Waals surface area contributed by atoms with Gasteiger partial charge in [0.2, 0.25) is 10.0 Å². The third kappa shape index (κ3) is 4.99. The number of likely N-dealkylation sites (tertiary alicyclic amines) is 1. The van der Waals surface area contributed by atoms with Gasteiger partial charge >= 0.3 is 6.18 Å². The quantitative estimate of drug-likeness (QED) is 0.823. The van der Waals surface area contributed by atoms with Crippen LogP contribution in [0.1, 0.15) is 18.6 Å². The van der Waals surface area contributed by atoms with Crippen LogP contribution in [0.5, 0.6) is 0 Å². The van der Waals surface area contributed by atoms with Crippen LogP contribution in [0.2, 0.25) is 0 Å². The minimum Gasteiger partial charge on any atom is -0.468 e. The van der Waals surface area contributed by atoms with Crippen molar-refractivity contribution in [2.24, 2.45) is 0 Å². The highest BCUT2D eigenvalue weighted by Gasteiger charge is 2.39. The van der Waals surface area contributed by atoms with Crippen LogP contribution in [-0.2, 0) is 16.6 Å². The standard InChI is InChI=1S/C13H19F3N2O3S/c1-22(19,20)18(10-13(14,15)16)11-4-6-17(7-5-11)9-12-3-2-8-21-12/h2-3,8,11H,4-7,9-10H2,1H3. The van der Waals surface area contributed by atoms with Gasteiger partial charge in [-0.25, -0.2) is 8.42 Å². The van der Waals surface area contributed by atoms with Crippen LogP contribution in [-0.4, -0.2) is 55.7 Å². The fourth-order valence-electron chi connectivity index (χ4n) is 2.68. The minimum absolute atomic E-state index is 0.379. The smallest absolute Gasteiger partial charge is 0.402 e. The van der Waals surface area contributed by atoms with E-state index in [4.69, 9.17) is 4.42 Å². The summed E-state index contributed by atoms with van der Waals surface area (Å²) in [4.78, 5) is 2.05. The molecule has 0 saturated carbocycles. The fraction of sp³-hybridized carbons (Fsp3) is 0.692. The van der Waals surface area contributed by atoms with Gasteiger partial charge in [-0.05, 0) is 25.0 Å². The van der Waals surface area contributed by atoms with E-state index in [1.165, 1.54) is 0 Å². The Morgan fingerprint density at radius 3 is 2.45 bits per heavy atom. The highest BCUT2D eigenvalue weighted by molar-refractivity contribution is 7.88. The van der Waals surface area contributed by atoms with Gasteiger partial charge in [0, 0.05) is 19.1 Å². The second-order valence-corrected chi connectivity index (χ2v) is 7.45. The van der Waals surface area contributed by atoms with Crippen molar-refractivity contribution in [3.63, 3.8) is 0 Å². The minimum atomic E-state index is -4.53. The number of sulfonamides is 1. The van der Waals surface area contributed by atoms with Crippen LogP contribution in [0.25, 0.3) is 0 Å². The Bertz CT molecular complexity index is 564. The molecule has 0 aliphatic carbocycles. The van der Waals surface area contributed by atoms with E-state index in [-0.39, 0.29) is 0 Å². The molecule has 0 atom stereocenters. The molecule has 1 aliphatic rings. The van der Waals surface area contributed by atoms with Crippen molar-refractivity contribution in [1.82, 2.24) is 9.21 Å². The molecule has 1 aromatic rings. The highest BCUT2D eigenvalue weighted by atomic mass is 32.2. The van der Waals surface area contributed by atoms with E-state index in [9.17, 15) is 21.6 Å². The lowest BCUT2D eigenvalue weighted by atomic mass is 10.0. The molecular weight excluding hydrogens is 321 g/mol. The molecular formula is C13H19F3N2O3S. The first-order valence-electron chi connectivity index (χ1n) is 6.93. The van der Waals surface area contributed by atoms with E-state index in [0.717, 1.165) is 12.0 Å². The van der Waals surface area contributed by atoms with Crippen molar-refractivity contribution >= 4 is 10.0 Å². The largest absolute Gasteiger partial charge is 0.468 e. The Hall–Kier alpha value is -1.06. The summed E-state index contributed by atoms with van der Waals surface area (Å²) in [6.07, 6.45) is -1.38. The van der Waals surface area contributed by atoms with E-state index in [0.29, 0.717) is 36.8 Å². The maximum absolute atomic E-state index is 12.6. The van der Waals surface area contributed by atoms with Gasteiger partial charge in [0.15, 0.2) is 0 Å². The second kappa shape index (κ2) is 6.59. The molecule has 1 aliphatic heterocycles. The topological polar surface area (TPSA) is 53.8 Å². The SMILES string of the molecule is CS(=O)(=O)N(CC(F)(F)F)C1CCN(Cc2ccco2)CC1. The van der Waals surface area contributed by atoms with Crippen LogP contribution in [0.4, 0.5) is 13.2 Å². The molecule has 2 rings (SSSR count). The molecule has 0 N–H and O–H groups in total. The summed E-state index contributed by atoms with van der Waals surface area (Å²) in [5.74, 6) is 0.786. The first-order valence-corrected chi connectivity index (χ1v) is 8.78. The van der Waals surface area contributed by atoms with E-state index in [1.54, 1.807) is 12.3 Å². The van der Waals surface area contributed by atoms with Crippen LogP contribution >= 0.6 is 0 Å². The number of piperidine rings is 1. The molecule has 0 aromatic carbocycles. The summed E-state index contributed by atoms with van der Waals surface area (Å²) in [6, 6.07) is 3.00. The van der Waals surface area contributed by atoms with Crippen molar-refractivity contribution in [2.45, 2.75) is 31.6 Å². The molecule has 0 unspecified atom stereocenters. The highest BCUT2D eigenvalue weighted by Crippen LogP contribution is 2.25. The summed E-state index contributed by atoms with van der Waals surface area (Å²) in [5, 5.41) is 0. The number of halogens is 3. The molecule has 0 bridgehead atoms. The zero-order chi connectivity index (χ0) is 16.4. The number of nitrogens with zero attached hydrogens (tertiary/aromatic N) is 2. The summed E-state index contributed by atoms with van der Waals surface area (Å²) in [5.41, 5.74) is 0. The Balaban J connectivity index is 1.95. The van der Waals surface area contributed by atoms with Crippen molar-refractivity contribution in [1.29, 1.82) is 0 Å². The first kappa shape index (κ1) is 17.3. The molecule has 0 spiro atoms. The Kier molecular flexibility index (Phi) is 5.18. The molecule has 2 heterocycles. The van der Waals surface area contributed by atoms with Crippen molar-refractivity contribution < 1.29 is 26.0 Å². The number of hydrogen-bond acceptors (Lipinski definition) is 4. The molecule has 1 saturated heterocycles. The molecule has 1 fully saturated rings. The summed E-state index contributed by atoms with van der Waals surface area (Å²) in [6.45, 7) is 0.233. The number of alkyl halides is 3. The summed E-state index contributed by atoms with van der Waals surface area (Å²) >= 11 is 0. The van der Waals surface area contributed by atoms with E-state index < -0.39 is 28.8 Å². The number of hydrogen-bond donors (Lipinski definition) is 0. The van der Waals surface area contributed by atoms with Gasteiger partial charge in [-0.3, -0.25) is 4.90 Å².